The quantitative estimate of drug-likeness (QED) is 0.529. The van der Waals surface area contributed by atoms with E-state index >= 15 is 0 Å². The molecule has 0 atom stereocenters. The highest BCUT2D eigenvalue weighted by atomic mass is 16.3. The van der Waals surface area contributed by atoms with Gasteiger partial charge in [-0.15, -0.1) is 0 Å². The van der Waals surface area contributed by atoms with Crippen molar-refractivity contribution in [2.45, 2.75) is 25.3 Å². The van der Waals surface area contributed by atoms with Gasteiger partial charge in [-0.05, 0) is 32.5 Å². The lowest BCUT2D eigenvalue weighted by atomic mass is 9.89. The van der Waals surface area contributed by atoms with E-state index in [4.69, 9.17) is 0 Å². The molecule has 0 spiro atoms. The zero-order chi connectivity index (χ0) is 8.16. The predicted molar refractivity (Wildman–Crippen MR) is 45.6 cm³/mol. The van der Waals surface area contributed by atoms with E-state index in [1.165, 1.54) is 0 Å². The summed E-state index contributed by atoms with van der Waals surface area (Å²) < 4.78 is 0. The minimum Gasteiger partial charge on any atom is -0.394 e. The van der Waals surface area contributed by atoms with Gasteiger partial charge in [-0.2, -0.15) is 0 Å². The Morgan fingerprint density at radius 2 is 2.09 bits per heavy atom. The van der Waals surface area contributed by atoms with E-state index in [0.29, 0.717) is 0 Å². The van der Waals surface area contributed by atoms with Gasteiger partial charge in [0.15, 0.2) is 0 Å². The minimum absolute atomic E-state index is 0.0139. The molecule has 0 amide bonds. The van der Waals surface area contributed by atoms with Gasteiger partial charge < -0.3 is 15.7 Å². The lowest BCUT2D eigenvalue weighted by molar-refractivity contribution is 0.129. The average Bonchev–Trinajstić information content (AvgIpc) is 2.07. The monoisotopic (exact) mass is 158 g/mol. The maximum Gasteiger partial charge on any atom is 0.0614 e. The first-order valence-corrected chi connectivity index (χ1v) is 4.39. The van der Waals surface area contributed by atoms with Gasteiger partial charge in [0.1, 0.15) is 0 Å². The normalized spacial score (nSPS) is 23.5. The Morgan fingerprint density at radius 1 is 1.45 bits per heavy atom. The molecule has 0 aromatic heterocycles. The second-order valence-corrected chi connectivity index (χ2v) is 3.22. The van der Waals surface area contributed by atoms with Crippen molar-refractivity contribution >= 4 is 0 Å². The lowest BCUT2D eigenvalue weighted by Crippen LogP contribution is -2.54. The first-order chi connectivity index (χ1) is 5.33. The number of likely N-dealkylation sites (N-methyl/N-ethyl adjacent to an activating group) is 1. The van der Waals surface area contributed by atoms with Crippen molar-refractivity contribution in [2.24, 2.45) is 0 Å². The van der Waals surface area contributed by atoms with Crippen LogP contribution in [0.25, 0.3) is 0 Å². The molecular formula is C8H18N2O. The molecule has 0 bridgehead atoms. The second-order valence-electron chi connectivity index (χ2n) is 3.22. The molecule has 0 aromatic carbocycles. The molecule has 3 heteroatoms. The molecule has 1 rings (SSSR count). The molecule has 0 saturated carbocycles. The third-order valence-electron chi connectivity index (χ3n) is 2.42. The summed E-state index contributed by atoms with van der Waals surface area (Å²) in [6.45, 7) is 5.34. The molecule has 0 aliphatic carbocycles. The van der Waals surface area contributed by atoms with E-state index in [0.717, 1.165) is 32.5 Å². The number of rotatable bonds is 3. The van der Waals surface area contributed by atoms with E-state index in [-0.39, 0.29) is 12.1 Å². The van der Waals surface area contributed by atoms with Crippen LogP contribution in [0.5, 0.6) is 0 Å². The summed E-state index contributed by atoms with van der Waals surface area (Å²) in [5.41, 5.74) is 0.0139. The van der Waals surface area contributed by atoms with Crippen molar-refractivity contribution in [1.82, 2.24) is 10.6 Å². The van der Waals surface area contributed by atoms with Crippen molar-refractivity contribution in [3.63, 3.8) is 0 Å². The maximum atomic E-state index is 9.18. The van der Waals surface area contributed by atoms with E-state index in [1.54, 1.807) is 0 Å². The molecule has 66 valence electrons. The Kier molecular flexibility index (Phi) is 3.30. The molecule has 1 aliphatic rings. The summed E-state index contributed by atoms with van der Waals surface area (Å²) in [6, 6.07) is 0. The number of aliphatic hydroxyl groups excluding tert-OH is 1. The first kappa shape index (κ1) is 8.97. The molecule has 1 saturated heterocycles. The zero-order valence-corrected chi connectivity index (χ0v) is 7.19. The van der Waals surface area contributed by atoms with E-state index in [9.17, 15) is 5.11 Å². The molecular weight excluding hydrogens is 140 g/mol. The van der Waals surface area contributed by atoms with E-state index in [1.807, 2.05) is 0 Å². The van der Waals surface area contributed by atoms with Crippen LogP contribution in [0.15, 0.2) is 0 Å². The lowest BCUT2D eigenvalue weighted by Gasteiger charge is -2.36. The summed E-state index contributed by atoms with van der Waals surface area (Å²) in [7, 11) is 0. The fourth-order valence-corrected chi connectivity index (χ4v) is 1.67. The second kappa shape index (κ2) is 4.04. The summed E-state index contributed by atoms with van der Waals surface area (Å²) >= 11 is 0. The van der Waals surface area contributed by atoms with Crippen molar-refractivity contribution < 1.29 is 5.11 Å². The van der Waals surface area contributed by atoms with Crippen LogP contribution in [0.1, 0.15) is 19.8 Å². The predicted octanol–water partition coefficient (Wildman–Crippen LogP) is -0.290. The van der Waals surface area contributed by atoms with Gasteiger partial charge in [0.05, 0.1) is 6.61 Å². The highest BCUT2D eigenvalue weighted by molar-refractivity contribution is 4.91. The molecule has 11 heavy (non-hydrogen) atoms. The van der Waals surface area contributed by atoms with Crippen LogP contribution in [0.4, 0.5) is 0 Å². The largest absolute Gasteiger partial charge is 0.394 e. The Bertz CT molecular complexity index is 105. The van der Waals surface area contributed by atoms with Crippen molar-refractivity contribution in [3.05, 3.63) is 0 Å². The van der Waals surface area contributed by atoms with Gasteiger partial charge in [-0.3, -0.25) is 0 Å². The highest BCUT2D eigenvalue weighted by Crippen LogP contribution is 2.16. The third kappa shape index (κ3) is 2.15. The number of hydrogen-bond donors (Lipinski definition) is 3. The summed E-state index contributed by atoms with van der Waals surface area (Å²) in [6.07, 6.45) is 2.08. The fraction of sp³-hybridized carbons (Fsp3) is 1.00. The van der Waals surface area contributed by atoms with Crippen molar-refractivity contribution in [3.8, 4) is 0 Å². The number of aliphatic hydroxyl groups is 1. The fourth-order valence-electron chi connectivity index (χ4n) is 1.67. The van der Waals surface area contributed by atoms with Gasteiger partial charge in [-0.1, -0.05) is 6.92 Å². The Morgan fingerprint density at radius 3 is 2.55 bits per heavy atom. The van der Waals surface area contributed by atoms with Crippen LogP contribution < -0.4 is 10.6 Å². The number of nitrogens with one attached hydrogen (secondary N) is 2. The van der Waals surface area contributed by atoms with Crippen molar-refractivity contribution in [1.29, 1.82) is 0 Å². The Balaban J connectivity index is 2.42. The molecule has 3 nitrogen and oxygen atoms in total. The molecule has 3 N–H and O–H groups in total. The molecule has 1 aliphatic heterocycles. The summed E-state index contributed by atoms with van der Waals surface area (Å²) in [5.74, 6) is 0. The van der Waals surface area contributed by atoms with Crippen LogP contribution in [0.2, 0.25) is 0 Å². The van der Waals surface area contributed by atoms with Crippen LogP contribution in [-0.4, -0.2) is 36.9 Å². The van der Waals surface area contributed by atoms with Crippen LogP contribution in [-0.2, 0) is 0 Å². The van der Waals surface area contributed by atoms with E-state index in [2.05, 4.69) is 17.6 Å². The molecule has 1 heterocycles. The van der Waals surface area contributed by atoms with Gasteiger partial charge in [0.25, 0.3) is 0 Å². The number of hydrogen-bond acceptors (Lipinski definition) is 3. The van der Waals surface area contributed by atoms with E-state index < -0.39 is 0 Å². The van der Waals surface area contributed by atoms with Gasteiger partial charge >= 0.3 is 0 Å². The molecule has 1 fully saturated rings. The molecule has 0 aromatic rings. The Hall–Kier alpha value is -0.120. The summed E-state index contributed by atoms with van der Waals surface area (Å²) in [5, 5.41) is 15.8. The maximum absolute atomic E-state index is 9.18. The highest BCUT2D eigenvalue weighted by Gasteiger charge is 2.29. The van der Waals surface area contributed by atoms with Gasteiger partial charge in [-0.25, -0.2) is 0 Å². The topological polar surface area (TPSA) is 44.3 Å². The molecule has 0 radical (unpaired) electrons. The third-order valence-corrected chi connectivity index (χ3v) is 2.42. The number of piperidine rings is 1. The SMILES string of the molecule is CCNC1(CO)CCNCC1. The van der Waals surface area contributed by atoms with Crippen LogP contribution in [0.3, 0.4) is 0 Å². The standard InChI is InChI=1S/C8H18N2O/c1-2-10-8(7-11)3-5-9-6-4-8/h9-11H,2-7H2,1H3. The Labute approximate surface area is 68.2 Å². The first-order valence-electron chi connectivity index (χ1n) is 4.39. The smallest absolute Gasteiger partial charge is 0.0614 e. The zero-order valence-electron chi connectivity index (χ0n) is 7.19. The van der Waals surface area contributed by atoms with Crippen LogP contribution >= 0.6 is 0 Å². The minimum atomic E-state index is 0.0139. The van der Waals surface area contributed by atoms with Gasteiger partial charge in [0.2, 0.25) is 0 Å². The van der Waals surface area contributed by atoms with Crippen LogP contribution in [0, 0.1) is 0 Å². The van der Waals surface area contributed by atoms with Gasteiger partial charge in [0, 0.05) is 5.54 Å². The average molecular weight is 158 g/mol. The summed E-state index contributed by atoms with van der Waals surface area (Å²) in [4.78, 5) is 0. The van der Waals surface area contributed by atoms with Crippen molar-refractivity contribution in [2.75, 3.05) is 26.2 Å². The molecule has 0 unspecified atom stereocenters.